The number of para-hydroxylation sites is 1. The van der Waals surface area contributed by atoms with Crippen LogP contribution in [0.3, 0.4) is 0 Å². The molecule has 0 N–H and O–H groups in total. The summed E-state index contributed by atoms with van der Waals surface area (Å²) in [5, 5.41) is 0. The minimum absolute atomic E-state index is 0. The van der Waals surface area contributed by atoms with Gasteiger partial charge in [0.15, 0.2) is 4.80 Å². The Balaban J connectivity index is 0.00000256. The molecule has 0 aliphatic rings. The molecule has 0 bridgehead atoms. The van der Waals surface area contributed by atoms with E-state index in [1.807, 2.05) is 77.4 Å². The van der Waals surface area contributed by atoms with Gasteiger partial charge in [0.05, 0.1) is 12.8 Å². The summed E-state index contributed by atoms with van der Waals surface area (Å²) >= 11 is 1.51. The molecule has 0 aliphatic heterocycles. The molecule has 1 amide bonds. The molecule has 3 aromatic carbocycles. The van der Waals surface area contributed by atoms with E-state index in [1.54, 1.807) is 19.2 Å². The Hall–Kier alpha value is -2.96. The van der Waals surface area contributed by atoms with Gasteiger partial charge in [-0.2, -0.15) is 4.99 Å². The average Bonchev–Trinajstić information content (AvgIpc) is 3.10. The highest BCUT2D eigenvalue weighted by atomic mass is 79.9. The molecule has 0 spiro atoms. The van der Waals surface area contributed by atoms with Crippen molar-refractivity contribution in [3.8, 4) is 22.7 Å². The molecular weight excluding hydrogens is 460 g/mol. The molecule has 0 aliphatic carbocycles. The number of aromatic nitrogens is 1. The number of benzene rings is 3. The van der Waals surface area contributed by atoms with Gasteiger partial charge >= 0.3 is 0 Å². The Kier molecular flexibility index (Phi) is 7.03. The van der Waals surface area contributed by atoms with Crippen LogP contribution in [0.5, 0.6) is 5.75 Å². The maximum absolute atomic E-state index is 12.7. The minimum Gasteiger partial charge on any atom is -1.00 e. The van der Waals surface area contributed by atoms with Crippen molar-refractivity contribution in [2.75, 3.05) is 7.11 Å². The molecule has 1 heterocycles. The number of rotatable bonds is 4. The van der Waals surface area contributed by atoms with E-state index in [2.05, 4.69) is 11.9 Å². The van der Waals surface area contributed by atoms with Gasteiger partial charge in [-0.15, -0.1) is 11.3 Å². The second kappa shape index (κ2) is 9.69. The van der Waals surface area contributed by atoms with Crippen LogP contribution in [-0.4, -0.2) is 17.6 Å². The number of halogens is 1. The van der Waals surface area contributed by atoms with E-state index in [1.165, 1.54) is 11.3 Å². The summed E-state index contributed by atoms with van der Waals surface area (Å²) in [6.45, 7) is 2.05. The Labute approximate surface area is 189 Å². The first-order valence-electron chi connectivity index (χ1n) is 9.24. The number of carbonyl (C=O) groups excluding carboxylic acids is 1. The molecule has 4 aromatic rings. The molecule has 1 aromatic heterocycles. The molecule has 30 heavy (non-hydrogen) atoms. The van der Waals surface area contributed by atoms with Gasteiger partial charge in [0.2, 0.25) is 0 Å². The first kappa shape index (κ1) is 21.7. The second-order valence-corrected chi connectivity index (χ2v) is 7.65. The van der Waals surface area contributed by atoms with Crippen LogP contribution in [-0.2, 0) is 0 Å². The zero-order chi connectivity index (χ0) is 20.2. The number of aryl methyl sites for hydroxylation is 1. The first-order chi connectivity index (χ1) is 14.2. The summed E-state index contributed by atoms with van der Waals surface area (Å²) in [7, 11) is 1.65. The standard InChI is InChI=1S/C24H20N2O2S.BrH/c1-17-22(18-13-15-21(28-2)16-14-18)26(20-11-7-4-8-12-20)24(29-17)25-23(27)19-9-5-3-6-10-19;/h3-16H,1-2H3;1H/p-1. The van der Waals surface area contributed by atoms with Gasteiger partial charge in [0, 0.05) is 16.1 Å². The van der Waals surface area contributed by atoms with Crippen molar-refractivity contribution < 1.29 is 26.5 Å². The van der Waals surface area contributed by atoms with Gasteiger partial charge in [-0.25, -0.2) is 0 Å². The summed E-state index contributed by atoms with van der Waals surface area (Å²) in [4.78, 5) is 18.9. The fraction of sp³-hybridized carbons (Fsp3) is 0.0833. The molecule has 0 fully saturated rings. The van der Waals surface area contributed by atoms with Gasteiger partial charge in [0.1, 0.15) is 5.75 Å². The average molecular weight is 480 g/mol. The summed E-state index contributed by atoms with van der Waals surface area (Å²) < 4.78 is 7.33. The van der Waals surface area contributed by atoms with E-state index in [4.69, 9.17) is 4.74 Å². The SMILES string of the molecule is COc1ccc(-c2c(C)sc(=NC(=O)c3ccccc3)n2-c2ccccc2)cc1.[Br-]. The highest BCUT2D eigenvalue weighted by molar-refractivity contribution is 7.09. The Morgan fingerprint density at radius 3 is 2.10 bits per heavy atom. The molecule has 152 valence electrons. The van der Waals surface area contributed by atoms with Crippen LogP contribution in [0.2, 0.25) is 0 Å². The van der Waals surface area contributed by atoms with Crippen LogP contribution >= 0.6 is 11.3 Å². The molecule has 4 nitrogen and oxygen atoms in total. The predicted molar refractivity (Wildman–Crippen MR) is 117 cm³/mol. The molecule has 4 rings (SSSR count). The lowest BCUT2D eigenvalue weighted by Crippen LogP contribution is -3.00. The fourth-order valence-corrected chi connectivity index (χ4v) is 4.18. The van der Waals surface area contributed by atoms with Crippen LogP contribution in [0.4, 0.5) is 0 Å². The van der Waals surface area contributed by atoms with Gasteiger partial charge in [-0.1, -0.05) is 36.4 Å². The van der Waals surface area contributed by atoms with Crippen LogP contribution in [0.25, 0.3) is 16.9 Å². The number of hydrogen-bond acceptors (Lipinski definition) is 3. The molecule has 0 radical (unpaired) electrons. The number of nitrogens with zero attached hydrogens (tertiary/aromatic N) is 2. The third-order valence-electron chi connectivity index (χ3n) is 4.59. The minimum atomic E-state index is -0.252. The van der Waals surface area contributed by atoms with Crippen LogP contribution < -0.4 is 26.5 Å². The van der Waals surface area contributed by atoms with Gasteiger partial charge in [0.25, 0.3) is 5.91 Å². The van der Waals surface area contributed by atoms with Crippen molar-refractivity contribution in [3.63, 3.8) is 0 Å². The third kappa shape index (κ3) is 4.45. The monoisotopic (exact) mass is 479 g/mol. The molecule has 0 atom stereocenters. The summed E-state index contributed by atoms with van der Waals surface area (Å²) in [5.41, 5.74) is 3.59. The van der Waals surface area contributed by atoms with E-state index >= 15 is 0 Å². The largest absolute Gasteiger partial charge is 1.00 e. The number of methoxy groups -OCH3 is 1. The van der Waals surface area contributed by atoms with Crippen LogP contribution in [0, 0.1) is 6.92 Å². The Bertz CT molecular complexity index is 1200. The second-order valence-electron chi connectivity index (χ2n) is 6.47. The smallest absolute Gasteiger partial charge is 0.279 e. The van der Waals surface area contributed by atoms with Crippen molar-refractivity contribution in [3.05, 3.63) is 100 Å². The molecule has 0 unspecified atom stereocenters. The first-order valence-corrected chi connectivity index (χ1v) is 10.1. The maximum Gasteiger partial charge on any atom is 0.279 e. The predicted octanol–water partition coefficient (Wildman–Crippen LogP) is 2.27. The number of hydrogen-bond donors (Lipinski definition) is 0. The topological polar surface area (TPSA) is 43.6 Å². The van der Waals surface area contributed by atoms with E-state index in [-0.39, 0.29) is 22.9 Å². The quantitative estimate of drug-likeness (QED) is 0.450. The zero-order valence-electron chi connectivity index (χ0n) is 16.6. The highest BCUT2D eigenvalue weighted by Gasteiger charge is 2.15. The third-order valence-corrected chi connectivity index (χ3v) is 5.54. The van der Waals surface area contributed by atoms with E-state index in [0.29, 0.717) is 10.4 Å². The molecular formula is C24H20BrN2O2S-. The van der Waals surface area contributed by atoms with Crippen LogP contribution in [0.1, 0.15) is 15.2 Å². The van der Waals surface area contributed by atoms with Crippen molar-refractivity contribution in [2.45, 2.75) is 6.92 Å². The van der Waals surface area contributed by atoms with E-state index < -0.39 is 0 Å². The lowest BCUT2D eigenvalue weighted by molar-refractivity contribution is -0.0000140. The molecule has 0 saturated heterocycles. The summed E-state index contributed by atoms with van der Waals surface area (Å²) in [6.07, 6.45) is 0. The van der Waals surface area contributed by atoms with E-state index in [9.17, 15) is 4.79 Å². The summed E-state index contributed by atoms with van der Waals surface area (Å²) in [6, 6.07) is 27.0. The van der Waals surface area contributed by atoms with Crippen molar-refractivity contribution >= 4 is 17.2 Å². The molecule has 6 heteroatoms. The van der Waals surface area contributed by atoms with Gasteiger partial charge in [-0.3, -0.25) is 9.36 Å². The summed E-state index contributed by atoms with van der Waals surface area (Å²) in [5.74, 6) is 0.551. The lowest BCUT2D eigenvalue weighted by atomic mass is 10.1. The van der Waals surface area contributed by atoms with E-state index in [0.717, 1.165) is 27.6 Å². The van der Waals surface area contributed by atoms with Crippen LogP contribution in [0.15, 0.2) is 89.9 Å². The zero-order valence-corrected chi connectivity index (χ0v) is 19.0. The van der Waals surface area contributed by atoms with Crippen molar-refractivity contribution in [1.29, 1.82) is 0 Å². The number of ether oxygens (including phenoxy) is 1. The van der Waals surface area contributed by atoms with Crippen molar-refractivity contribution in [2.24, 2.45) is 4.99 Å². The molecule has 0 saturated carbocycles. The lowest BCUT2D eigenvalue weighted by Gasteiger charge is -2.11. The number of amides is 1. The Morgan fingerprint density at radius 2 is 1.50 bits per heavy atom. The van der Waals surface area contributed by atoms with Gasteiger partial charge < -0.3 is 21.7 Å². The normalized spacial score (nSPS) is 11.1. The number of thiazole rings is 1. The highest BCUT2D eigenvalue weighted by Crippen LogP contribution is 2.29. The number of carbonyl (C=O) groups is 1. The van der Waals surface area contributed by atoms with Gasteiger partial charge in [-0.05, 0) is 61.0 Å². The van der Waals surface area contributed by atoms with Crippen molar-refractivity contribution in [1.82, 2.24) is 4.57 Å². The Morgan fingerprint density at radius 1 is 0.900 bits per heavy atom. The maximum atomic E-state index is 12.7. The fourth-order valence-electron chi connectivity index (χ4n) is 3.19.